The highest BCUT2D eigenvalue weighted by molar-refractivity contribution is 7.92. The van der Waals surface area contributed by atoms with Crippen molar-refractivity contribution < 1.29 is 23.1 Å². The van der Waals surface area contributed by atoms with E-state index < -0.39 is 21.5 Å². The van der Waals surface area contributed by atoms with Gasteiger partial charge in [0.15, 0.2) is 0 Å². The SMILES string of the molecule is Cc1cc(OCCCO)cc(C)c1/C=C/S(=O)(=O)N1CCC(N)(C(N)=O)CC1. The molecule has 5 N–H and O–H groups in total. The number of aliphatic hydroxyl groups is 1. The first kappa shape index (κ1) is 22.4. The maximum absolute atomic E-state index is 12.6. The quantitative estimate of drug-likeness (QED) is 0.537. The highest BCUT2D eigenvalue weighted by atomic mass is 32.2. The molecule has 1 aromatic carbocycles. The average Bonchev–Trinajstić information content (AvgIpc) is 2.61. The minimum Gasteiger partial charge on any atom is -0.493 e. The van der Waals surface area contributed by atoms with Gasteiger partial charge in [-0.05, 0) is 61.6 Å². The fraction of sp³-hybridized carbons (Fsp3) is 0.526. The number of carbonyl (C=O) groups is 1. The summed E-state index contributed by atoms with van der Waals surface area (Å²) in [6, 6.07) is 3.68. The Bertz CT molecular complexity index is 820. The lowest BCUT2D eigenvalue weighted by Gasteiger charge is -2.35. The Labute approximate surface area is 166 Å². The van der Waals surface area contributed by atoms with Crippen LogP contribution in [0.5, 0.6) is 5.75 Å². The van der Waals surface area contributed by atoms with Gasteiger partial charge in [0.2, 0.25) is 15.9 Å². The van der Waals surface area contributed by atoms with Crippen LogP contribution >= 0.6 is 0 Å². The number of carbonyl (C=O) groups excluding carboxylic acids is 1. The summed E-state index contributed by atoms with van der Waals surface area (Å²) in [5, 5.41) is 10.0. The number of rotatable bonds is 8. The predicted octanol–water partition coefficient (Wildman–Crippen LogP) is 0.644. The van der Waals surface area contributed by atoms with Crippen LogP contribution in [0.4, 0.5) is 0 Å². The van der Waals surface area contributed by atoms with Crippen LogP contribution in [-0.2, 0) is 14.8 Å². The second kappa shape index (κ2) is 9.04. The highest BCUT2D eigenvalue weighted by Crippen LogP contribution is 2.25. The lowest BCUT2D eigenvalue weighted by Crippen LogP contribution is -2.58. The number of sulfonamides is 1. The van der Waals surface area contributed by atoms with Crippen molar-refractivity contribution >= 4 is 22.0 Å². The number of aryl methyl sites for hydroxylation is 2. The summed E-state index contributed by atoms with van der Waals surface area (Å²) in [7, 11) is -3.63. The summed E-state index contributed by atoms with van der Waals surface area (Å²) in [6.07, 6.45) is 2.53. The van der Waals surface area contributed by atoms with Crippen molar-refractivity contribution in [1.82, 2.24) is 4.31 Å². The molecule has 1 saturated heterocycles. The number of hydrogen-bond acceptors (Lipinski definition) is 6. The molecular formula is C19H29N3O5S. The number of aliphatic hydroxyl groups excluding tert-OH is 1. The number of piperidine rings is 1. The minimum absolute atomic E-state index is 0.0673. The van der Waals surface area contributed by atoms with E-state index in [9.17, 15) is 13.2 Å². The van der Waals surface area contributed by atoms with Crippen molar-refractivity contribution in [3.8, 4) is 5.75 Å². The molecule has 2 rings (SSSR count). The van der Waals surface area contributed by atoms with Crippen molar-refractivity contribution in [2.75, 3.05) is 26.3 Å². The topological polar surface area (TPSA) is 136 Å². The van der Waals surface area contributed by atoms with E-state index in [4.69, 9.17) is 21.3 Å². The Morgan fingerprint density at radius 2 is 1.86 bits per heavy atom. The number of hydrogen-bond donors (Lipinski definition) is 3. The Morgan fingerprint density at radius 3 is 2.36 bits per heavy atom. The van der Waals surface area contributed by atoms with E-state index >= 15 is 0 Å². The summed E-state index contributed by atoms with van der Waals surface area (Å²) in [4.78, 5) is 11.4. The maximum atomic E-state index is 12.6. The van der Waals surface area contributed by atoms with Crippen LogP contribution in [0.15, 0.2) is 17.5 Å². The van der Waals surface area contributed by atoms with Crippen LogP contribution in [0, 0.1) is 13.8 Å². The fourth-order valence-electron chi connectivity index (χ4n) is 3.16. The van der Waals surface area contributed by atoms with E-state index in [1.54, 1.807) is 6.08 Å². The van der Waals surface area contributed by atoms with E-state index in [-0.39, 0.29) is 32.5 Å². The molecule has 0 bridgehead atoms. The van der Waals surface area contributed by atoms with Gasteiger partial charge in [0, 0.05) is 31.5 Å². The zero-order valence-corrected chi connectivity index (χ0v) is 17.2. The van der Waals surface area contributed by atoms with Crippen molar-refractivity contribution in [2.24, 2.45) is 11.5 Å². The van der Waals surface area contributed by atoms with Crippen LogP contribution in [0.25, 0.3) is 6.08 Å². The molecule has 0 spiro atoms. The third kappa shape index (κ3) is 5.32. The molecule has 1 aliphatic rings. The Balaban J connectivity index is 2.11. The molecular weight excluding hydrogens is 382 g/mol. The molecule has 0 aliphatic carbocycles. The zero-order valence-electron chi connectivity index (χ0n) is 16.3. The lowest BCUT2D eigenvalue weighted by molar-refractivity contribution is -0.124. The number of nitrogens with zero attached hydrogens (tertiary/aromatic N) is 1. The Morgan fingerprint density at radius 1 is 1.29 bits per heavy atom. The van der Waals surface area contributed by atoms with Gasteiger partial charge in [0.05, 0.1) is 12.1 Å². The third-order valence-corrected chi connectivity index (χ3v) is 6.58. The van der Waals surface area contributed by atoms with Gasteiger partial charge >= 0.3 is 0 Å². The summed E-state index contributed by atoms with van der Waals surface area (Å²) in [5.74, 6) is 0.0814. The highest BCUT2D eigenvalue weighted by Gasteiger charge is 2.38. The molecule has 1 heterocycles. The number of amides is 1. The number of primary amides is 1. The monoisotopic (exact) mass is 411 g/mol. The van der Waals surface area contributed by atoms with E-state index in [0.717, 1.165) is 16.7 Å². The average molecular weight is 412 g/mol. The van der Waals surface area contributed by atoms with Gasteiger partial charge < -0.3 is 21.3 Å². The third-order valence-electron chi connectivity index (χ3n) is 5.01. The molecule has 0 atom stereocenters. The fourth-order valence-corrected chi connectivity index (χ4v) is 4.33. The molecule has 9 heteroatoms. The minimum atomic E-state index is -3.63. The Kier molecular flexibility index (Phi) is 7.22. The second-order valence-corrected chi connectivity index (χ2v) is 8.98. The van der Waals surface area contributed by atoms with Gasteiger partial charge in [-0.3, -0.25) is 4.79 Å². The first-order valence-corrected chi connectivity index (χ1v) is 10.7. The van der Waals surface area contributed by atoms with Crippen molar-refractivity contribution in [1.29, 1.82) is 0 Å². The molecule has 1 amide bonds. The molecule has 1 aromatic rings. The largest absolute Gasteiger partial charge is 0.493 e. The standard InChI is InChI=1S/C19H29N3O5S/c1-14-12-16(27-10-3-9-23)13-15(2)17(14)4-11-28(25,26)22-7-5-19(21,6-8-22)18(20)24/h4,11-13,23H,3,5-10,21H2,1-2H3,(H2,20,24)/b11-4+. The van der Waals surface area contributed by atoms with E-state index in [1.807, 2.05) is 26.0 Å². The van der Waals surface area contributed by atoms with Gasteiger partial charge in [-0.25, -0.2) is 8.42 Å². The number of ether oxygens (including phenoxy) is 1. The van der Waals surface area contributed by atoms with Crippen molar-refractivity contribution in [3.63, 3.8) is 0 Å². The van der Waals surface area contributed by atoms with Gasteiger partial charge in [-0.1, -0.05) is 0 Å². The molecule has 0 aromatic heterocycles. The predicted molar refractivity (Wildman–Crippen MR) is 108 cm³/mol. The van der Waals surface area contributed by atoms with Gasteiger partial charge in [0.25, 0.3) is 0 Å². The number of nitrogens with two attached hydrogens (primary N) is 2. The van der Waals surface area contributed by atoms with Gasteiger partial charge in [-0.2, -0.15) is 4.31 Å². The van der Waals surface area contributed by atoms with Gasteiger partial charge in [0.1, 0.15) is 5.75 Å². The van der Waals surface area contributed by atoms with E-state index in [1.165, 1.54) is 9.71 Å². The zero-order chi connectivity index (χ0) is 20.9. The first-order chi connectivity index (χ1) is 13.1. The van der Waals surface area contributed by atoms with Crippen LogP contribution in [0.1, 0.15) is 36.0 Å². The normalized spacial score (nSPS) is 17.7. The van der Waals surface area contributed by atoms with Crippen LogP contribution in [-0.4, -0.2) is 55.6 Å². The molecule has 156 valence electrons. The van der Waals surface area contributed by atoms with E-state index in [2.05, 4.69) is 0 Å². The summed E-state index contributed by atoms with van der Waals surface area (Å²) in [6.45, 7) is 4.56. The van der Waals surface area contributed by atoms with Crippen molar-refractivity contribution in [2.45, 2.75) is 38.6 Å². The lowest BCUT2D eigenvalue weighted by atomic mass is 9.89. The first-order valence-electron chi connectivity index (χ1n) is 9.21. The number of benzene rings is 1. The molecule has 28 heavy (non-hydrogen) atoms. The smallest absolute Gasteiger partial charge is 0.237 e. The second-order valence-electron chi connectivity index (χ2n) is 7.16. The molecule has 0 radical (unpaired) electrons. The molecule has 8 nitrogen and oxygen atoms in total. The maximum Gasteiger partial charge on any atom is 0.237 e. The molecule has 1 fully saturated rings. The summed E-state index contributed by atoms with van der Waals surface area (Å²) < 4.78 is 32.2. The summed E-state index contributed by atoms with van der Waals surface area (Å²) in [5.41, 5.74) is 12.7. The molecule has 0 unspecified atom stereocenters. The summed E-state index contributed by atoms with van der Waals surface area (Å²) >= 11 is 0. The molecule has 0 saturated carbocycles. The van der Waals surface area contributed by atoms with Crippen LogP contribution < -0.4 is 16.2 Å². The van der Waals surface area contributed by atoms with Crippen molar-refractivity contribution in [3.05, 3.63) is 34.2 Å². The van der Waals surface area contributed by atoms with E-state index in [0.29, 0.717) is 18.8 Å². The Hall–Kier alpha value is -1.94. The van der Waals surface area contributed by atoms with Crippen LogP contribution in [0.2, 0.25) is 0 Å². The van der Waals surface area contributed by atoms with Gasteiger partial charge in [-0.15, -0.1) is 0 Å². The van der Waals surface area contributed by atoms with Crippen LogP contribution in [0.3, 0.4) is 0 Å². The molecule has 1 aliphatic heterocycles.